The number of carbonyl (C=O) groups excluding carboxylic acids is 1. The number of aryl methyl sites for hydroxylation is 1. The molecule has 1 aliphatic rings. The predicted octanol–water partition coefficient (Wildman–Crippen LogP) is 2.56. The highest BCUT2D eigenvalue weighted by Crippen LogP contribution is 2.33. The van der Waals surface area contributed by atoms with Gasteiger partial charge in [0.25, 0.3) is 5.56 Å². The number of fused-ring (bicyclic) bond motifs is 2. The van der Waals surface area contributed by atoms with E-state index in [4.69, 9.17) is 14.2 Å². The Hall–Kier alpha value is -3.48. The standard InChI is InChI=1S/C22H22N2O5/c1-27-17-5-2-14(3-6-17)13-23-21(25)7-4-15-10-16-11-19-20(29-9-8-28-19)12-18(16)24-22(15)26/h2-3,5-6,10-12H,4,7-9,13H2,1H3,(H,23,25)(H,24,26). The molecule has 0 aliphatic carbocycles. The summed E-state index contributed by atoms with van der Waals surface area (Å²) in [5.41, 5.74) is 2.03. The molecule has 2 heterocycles. The number of benzene rings is 2. The van der Waals surface area contributed by atoms with Crippen molar-refractivity contribution in [3.8, 4) is 17.2 Å². The Bertz CT molecular complexity index is 1090. The van der Waals surface area contributed by atoms with Gasteiger partial charge in [-0.1, -0.05) is 12.1 Å². The summed E-state index contributed by atoms with van der Waals surface area (Å²) in [7, 11) is 1.61. The van der Waals surface area contributed by atoms with E-state index in [0.29, 0.717) is 48.8 Å². The zero-order valence-corrected chi connectivity index (χ0v) is 16.1. The Balaban J connectivity index is 1.39. The molecule has 0 bridgehead atoms. The minimum atomic E-state index is -0.197. The molecule has 29 heavy (non-hydrogen) atoms. The highest BCUT2D eigenvalue weighted by molar-refractivity contribution is 5.83. The molecule has 4 rings (SSSR count). The summed E-state index contributed by atoms with van der Waals surface area (Å²) >= 11 is 0. The lowest BCUT2D eigenvalue weighted by Gasteiger charge is -2.18. The zero-order chi connectivity index (χ0) is 20.2. The van der Waals surface area contributed by atoms with Crippen LogP contribution in [-0.4, -0.2) is 31.2 Å². The van der Waals surface area contributed by atoms with Crippen molar-refractivity contribution < 1.29 is 19.0 Å². The molecule has 0 saturated heterocycles. The smallest absolute Gasteiger partial charge is 0.251 e. The third-order valence-corrected chi connectivity index (χ3v) is 4.85. The van der Waals surface area contributed by atoms with Gasteiger partial charge in [-0.05, 0) is 36.2 Å². The molecule has 0 fully saturated rings. The van der Waals surface area contributed by atoms with Gasteiger partial charge >= 0.3 is 0 Å². The van der Waals surface area contributed by atoms with E-state index in [1.165, 1.54) is 0 Å². The van der Waals surface area contributed by atoms with Crippen LogP contribution in [0.25, 0.3) is 10.9 Å². The van der Waals surface area contributed by atoms with Crippen molar-refractivity contribution in [2.24, 2.45) is 0 Å². The van der Waals surface area contributed by atoms with Crippen LogP contribution >= 0.6 is 0 Å². The van der Waals surface area contributed by atoms with Crippen LogP contribution in [0.5, 0.6) is 17.2 Å². The molecule has 150 valence electrons. The zero-order valence-electron chi connectivity index (χ0n) is 16.1. The van der Waals surface area contributed by atoms with Crippen molar-refractivity contribution in [1.29, 1.82) is 0 Å². The monoisotopic (exact) mass is 394 g/mol. The van der Waals surface area contributed by atoms with Crippen molar-refractivity contribution in [2.75, 3.05) is 20.3 Å². The number of pyridine rings is 1. The van der Waals surface area contributed by atoms with E-state index >= 15 is 0 Å². The Morgan fingerprint density at radius 3 is 2.55 bits per heavy atom. The maximum absolute atomic E-state index is 12.4. The van der Waals surface area contributed by atoms with E-state index in [9.17, 15) is 9.59 Å². The molecule has 1 amide bonds. The van der Waals surface area contributed by atoms with Crippen LogP contribution in [-0.2, 0) is 17.8 Å². The molecule has 1 aromatic heterocycles. The molecule has 2 N–H and O–H groups in total. The first-order chi connectivity index (χ1) is 14.1. The third kappa shape index (κ3) is 4.34. The minimum absolute atomic E-state index is 0.109. The van der Waals surface area contributed by atoms with Crippen molar-refractivity contribution in [2.45, 2.75) is 19.4 Å². The molecule has 1 aliphatic heterocycles. The summed E-state index contributed by atoms with van der Waals surface area (Å²) in [6.07, 6.45) is 0.587. The normalized spacial score (nSPS) is 12.6. The van der Waals surface area contributed by atoms with Crippen LogP contribution in [0.2, 0.25) is 0 Å². The second-order valence-electron chi connectivity index (χ2n) is 6.83. The first-order valence-corrected chi connectivity index (χ1v) is 9.47. The fourth-order valence-corrected chi connectivity index (χ4v) is 3.25. The number of ether oxygens (including phenoxy) is 3. The number of methoxy groups -OCH3 is 1. The molecule has 0 atom stereocenters. The van der Waals surface area contributed by atoms with Gasteiger partial charge in [-0.2, -0.15) is 0 Å². The van der Waals surface area contributed by atoms with Crippen molar-refractivity contribution in [3.63, 3.8) is 0 Å². The number of rotatable bonds is 6. The number of aromatic amines is 1. The van der Waals surface area contributed by atoms with E-state index in [0.717, 1.165) is 16.7 Å². The summed E-state index contributed by atoms with van der Waals surface area (Å²) in [5.74, 6) is 1.96. The van der Waals surface area contributed by atoms with E-state index in [-0.39, 0.29) is 17.9 Å². The molecule has 0 saturated carbocycles. The molecule has 0 spiro atoms. The van der Waals surface area contributed by atoms with Gasteiger partial charge in [0.05, 0.1) is 12.6 Å². The fourth-order valence-electron chi connectivity index (χ4n) is 3.25. The number of amides is 1. The molecule has 0 radical (unpaired) electrons. The average molecular weight is 394 g/mol. The van der Waals surface area contributed by atoms with Crippen molar-refractivity contribution in [3.05, 3.63) is 63.9 Å². The fraction of sp³-hybridized carbons (Fsp3) is 0.273. The Kier molecular flexibility index (Phi) is 5.37. The van der Waals surface area contributed by atoms with Gasteiger partial charge < -0.3 is 24.5 Å². The lowest BCUT2D eigenvalue weighted by molar-refractivity contribution is -0.121. The minimum Gasteiger partial charge on any atom is -0.497 e. The summed E-state index contributed by atoms with van der Waals surface area (Å²) in [4.78, 5) is 27.4. The first kappa shape index (κ1) is 18.9. The van der Waals surface area contributed by atoms with E-state index in [1.807, 2.05) is 36.4 Å². The van der Waals surface area contributed by atoms with E-state index in [1.54, 1.807) is 13.2 Å². The molecule has 3 aromatic rings. The van der Waals surface area contributed by atoms with Gasteiger partial charge in [-0.3, -0.25) is 9.59 Å². The Morgan fingerprint density at radius 2 is 1.83 bits per heavy atom. The van der Waals surface area contributed by atoms with E-state index in [2.05, 4.69) is 10.3 Å². The van der Waals surface area contributed by atoms with Crippen molar-refractivity contribution >= 4 is 16.8 Å². The number of H-pyrrole nitrogens is 1. The number of carbonyl (C=O) groups is 1. The Labute approximate surface area is 167 Å². The second kappa shape index (κ2) is 8.26. The topological polar surface area (TPSA) is 89.7 Å². The lowest BCUT2D eigenvalue weighted by atomic mass is 10.1. The Morgan fingerprint density at radius 1 is 1.10 bits per heavy atom. The summed E-state index contributed by atoms with van der Waals surface area (Å²) in [6, 6.07) is 12.9. The molecular formula is C22H22N2O5. The van der Waals surface area contributed by atoms with Crippen LogP contribution < -0.4 is 25.1 Å². The van der Waals surface area contributed by atoms with Crippen LogP contribution in [0.3, 0.4) is 0 Å². The summed E-state index contributed by atoms with van der Waals surface area (Å²) in [6.45, 7) is 1.43. The summed E-state index contributed by atoms with van der Waals surface area (Å²) in [5, 5.41) is 3.73. The first-order valence-electron chi connectivity index (χ1n) is 9.47. The molecule has 0 unspecified atom stereocenters. The number of aromatic nitrogens is 1. The highest BCUT2D eigenvalue weighted by Gasteiger charge is 2.14. The molecular weight excluding hydrogens is 372 g/mol. The molecule has 7 nitrogen and oxygen atoms in total. The van der Waals surface area contributed by atoms with Crippen molar-refractivity contribution in [1.82, 2.24) is 10.3 Å². The highest BCUT2D eigenvalue weighted by atomic mass is 16.6. The molecule has 2 aromatic carbocycles. The number of hydrogen-bond donors (Lipinski definition) is 2. The van der Waals surface area contributed by atoms with Gasteiger partial charge in [-0.15, -0.1) is 0 Å². The van der Waals surface area contributed by atoms with Crippen LogP contribution in [0.4, 0.5) is 0 Å². The molecule has 7 heteroatoms. The largest absolute Gasteiger partial charge is 0.497 e. The third-order valence-electron chi connectivity index (χ3n) is 4.85. The quantitative estimate of drug-likeness (QED) is 0.671. The second-order valence-corrected chi connectivity index (χ2v) is 6.83. The van der Waals surface area contributed by atoms with E-state index < -0.39 is 0 Å². The van der Waals surface area contributed by atoms with Crippen LogP contribution in [0.15, 0.2) is 47.3 Å². The summed E-state index contributed by atoms with van der Waals surface area (Å²) < 4.78 is 16.3. The van der Waals surface area contributed by atoms with Gasteiger partial charge in [-0.25, -0.2) is 0 Å². The number of nitrogens with one attached hydrogen (secondary N) is 2. The number of hydrogen-bond acceptors (Lipinski definition) is 5. The van der Waals surface area contributed by atoms with Gasteiger partial charge in [0.15, 0.2) is 11.5 Å². The predicted molar refractivity (Wildman–Crippen MR) is 109 cm³/mol. The lowest BCUT2D eigenvalue weighted by Crippen LogP contribution is -2.24. The maximum Gasteiger partial charge on any atom is 0.251 e. The SMILES string of the molecule is COc1ccc(CNC(=O)CCc2cc3cc4c(cc3[nH]c2=O)OCCO4)cc1. The van der Waals surface area contributed by atoms with Crippen LogP contribution in [0.1, 0.15) is 17.5 Å². The van der Waals surface area contributed by atoms with Gasteiger partial charge in [0.1, 0.15) is 19.0 Å². The average Bonchev–Trinajstić information content (AvgIpc) is 2.75. The van der Waals surface area contributed by atoms with Gasteiger partial charge in [0.2, 0.25) is 5.91 Å². The van der Waals surface area contributed by atoms with Crippen LogP contribution in [0, 0.1) is 0 Å². The van der Waals surface area contributed by atoms with Gasteiger partial charge in [0, 0.05) is 30.0 Å². The maximum atomic E-state index is 12.4.